The highest BCUT2D eigenvalue weighted by Gasteiger charge is 2.25. The van der Waals surface area contributed by atoms with E-state index in [4.69, 9.17) is 9.15 Å². The van der Waals surface area contributed by atoms with E-state index in [0.717, 1.165) is 57.2 Å². The minimum atomic E-state index is 0.0886. The zero-order valence-electron chi connectivity index (χ0n) is 15.4. The largest absolute Gasteiger partial charge is 0.465 e. The fourth-order valence-corrected chi connectivity index (χ4v) is 3.92. The van der Waals surface area contributed by atoms with Gasteiger partial charge in [0.2, 0.25) is 5.91 Å². The van der Waals surface area contributed by atoms with Crippen LogP contribution in [0.15, 0.2) is 28.9 Å². The van der Waals surface area contributed by atoms with Gasteiger partial charge in [-0.25, -0.2) is 0 Å². The van der Waals surface area contributed by atoms with Crippen LogP contribution in [-0.2, 0) is 9.53 Å². The molecule has 1 amide bonds. The van der Waals surface area contributed by atoms with Crippen LogP contribution in [0.1, 0.15) is 38.9 Å². The van der Waals surface area contributed by atoms with Gasteiger partial charge in [0, 0.05) is 32.3 Å². The van der Waals surface area contributed by atoms with Crippen molar-refractivity contribution in [1.29, 1.82) is 0 Å². The summed E-state index contributed by atoms with van der Waals surface area (Å²) >= 11 is 0. The van der Waals surface area contributed by atoms with Gasteiger partial charge in [0.25, 0.3) is 0 Å². The lowest BCUT2D eigenvalue weighted by Gasteiger charge is -2.37. The summed E-state index contributed by atoms with van der Waals surface area (Å²) in [5, 5.41) is 0. The van der Waals surface area contributed by atoms with Gasteiger partial charge in [-0.15, -0.1) is 0 Å². The number of carbonyl (C=O) groups excluding carboxylic acids is 1. The van der Waals surface area contributed by atoms with Gasteiger partial charge in [-0.3, -0.25) is 9.69 Å². The normalized spacial score (nSPS) is 26.4. The molecule has 5 heteroatoms. The van der Waals surface area contributed by atoms with Gasteiger partial charge in [-0.05, 0) is 63.8 Å². The predicted molar refractivity (Wildman–Crippen MR) is 98.1 cm³/mol. The second-order valence-corrected chi connectivity index (χ2v) is 7.42. The van der Waals surface area contributed by atoms with E-state index in [1.165, 1.54) is 6.42 Å². The van der Waals surface area contributed by atoms with Gasteiger partial charge >= 0.3 is 0 Å². The number of hydrogen-bond acceptors (Lipinski definition) is 4. The summed E-state index contributed by atoms with van der Waals surface area (Å²) in [5.41, 5.74) is 0. The molecular weight excluding hydrogens is 316 g/mol. The van der Waals surface area contributed by atoms with Crippen molar-refractivity contribution in [2.75, 3.05) is 32.7 Å². The number of nitrogens with zero attached hydrogens (tertiary/aromatic N) is 2. The highest BCUT2D eigenvalue weighted by molar-refractivity contribution is 5.91. The third-order valence-corrected chi connectivity index (χ3v) is 5.21. The van der Waals surface area contributed by atoms with Crippen LogP contribution >= 0.6 is 0 Å². The second-order valence-electron chi connectivity index (χ2n) is 7.42. The zero-order chi connectivity index (χ0) is 17.6. The number of rotatable bonds is 5. The Hall–Kier alpha value is -1.59. The molecule has 0 radical (unpaired) electrons. The smallest absolute Gasteiger partial charge is 0.246 e. The molecule has 1 aromatic heterocycles. The first-order chi connectivity index (χ1) is 12.1. The number of carbonyl (C=O) groups is 1. The van der Waals surface area contributed by atoms with Crippen LogP contribution in [-0.4, -0.2) is 60.6 Å². The topological polar surface area (TPSA) is 45.9 Å². The molecule has 2 atom stereocenters. The minimum Gasteiger partial charge on any atom is -0.465 e. The molecule has 2 saturated heterocycles. The van der Waals surface area contributed by atoms with Crippen molar-refractivity contribution in [3.63, 3.8) is 0 Å². The van der Waals surface area contributed by atoms with Crippen LogP contribution in [0.4, 0.5) is 0 Å². The van der Waals surface area contributed by atoms with Crippen molar-refractivity contribution in [2.45, 2.75) is 45.3 Å². The van der Waals surface area contributed by atoms with E-state index >= 15 is 0 Å². The average molecular weight is 346 g/mol. The lowest BCUT2D eigenvalue weighted by molar-refractivity contribution is -0.127. The molecule has 25 heavy (non-hydrogen) atoms. The molecule has 2 unspecified atom stereocenters. The van der Waals surface area contributed by atoms with Gasteiger partial charge in [0.1, 0.15) is 5.76 Å². The van der Waals surface area contributed by atoms with Crippen molar-refractivity contribution < 1.29 is 13.9 Å². The number of piperidine rings is 1. The lowest BCUT2D eigenvalue weighted by Crippen LogP contribution is -2.46. The van der Waals surface area contributed by atoms with Gasteiger partial charge in [0.15, 0.2) is 0 Å². The number of morpholine rings is 1. The summed E-state index contributed by atoms with van der Waals surface area (Å²) in [6, 6.07) is 3.68. The molecule has 0 spiro atoms. The maximum atomic E-state index is 12.3. The number of amides is 1. The Labute approximate surface area is 150 Å². The van der Waals surface area contributed by atoms with Crippen molar-refractivity contribution >= 4 is 12.0 Å². The fraction of sp³-hybridized carbons (Fsp3) is 0.650. The standard InChI is InChI=1S/C20H30N2O3/c1-16-14-21(15-17(2)25-16)10-7-18-8-11-22(12-9-18)20(23)6-5-19-4-3-13-24-19/h3-6,13,16-18H,7-12,14-15H2,1-2H3. The van der Waals surface area contributed by atoms with Crippen molar-refractivity contribution in [1.82, 2.24) is 9.80 Å². The van der Waals surface area contributed by atoms with Crippen molar-refractivity contribution in [3.8, 4) is 0 Å². The molecule has 0 aromatic carbocycles. The minimum absolute atomic E-state index is 0.0886. The van der Waals surface area contributed by atoms with E-state index in [1.54, 1.807) is 18.4 Å². The molecule has 0 saturated carbocycles. The predicted octanol–water partition coefficient (Wildman–Crippen LogP) is 3.03. The summed E-state index contributed by atoms with van der Waals surface area (Å²) < 4.78 is 11.0. The molecule has 0 bridgehead atoms. The van der Waals surface area contributed by atoms with E-state index < -0.39 is 0 Å². The molecule has 2 fully saturated rings. The molecule has 5 nitrogen and oxygen atoms in total. The average Bonchev–Trinajstić information content (AvgIpc) is 3.11. The fourth-order valence-electron chi connectivity index (χ4n) is 3.92. The van der Waals surface area contributed by atoms with Gasteiger partial charge in [-0.2, -0.15) is 0 Å². The Morgan fingerprint density at radius 1 is 1.24 bits per heavy atom. The SMILES string of the molecule is CC1CN(CCC2CCN(C(=O)C=Cc3ccco3)CC2)CC(C)O1. The molecule has 0 N–H and O–H groups in total. The highest BCUT2D eigenvalue weighted by Crippen LogP contribution is 2.22. The number of likely N-dealkylation sites (tertiary alicyclic amines) is 1. The van der Waals surface area contributed by atoms with E-state index in [0.29, 0.717) is 12.2 Å². The molecule has 3 rings (SSSR count). The summed E-state index contributed by atoms with van der Waals surface area (Å²) in [4.78, 5) is 16.7. The third kappa shape index (κ3) is 5.44. The van der Waals surface area contributed by atoms with Gasteiger partial charge in [-0.1, -0.05) is 0 Å². The zero-order valence-corrected chi connectivity index (χ0v) is 15.4. The Bertz CT molecular complexity index is 552. The molecule has 2 aliphatic rings. The van der Waals surface area contributed by atoms with Crippen LogP contribution in [0.5, 0.6) is 0 Å². The second kappa shape index (κ2) is 8.68. The molecule has 0 aliphatic carbocycles. The molecule has 138 valence electrons. The maximum Gasteiger partial charge on any atom is 0.246 e. The number of hydrogen-bond donors (Lipinski definition) is 0. The summed E-state index contributed by atoms with van der Waals surface area (Å²) in [5.74, 6) is 1.54. The van der Waals surface area contributed by atoms with Crippen molar-refractivity contribution in [2.24, 2.45) is 5.92 Å². The summed E-state index contributed by atoms with van der Waals surface area (Å²) in [7, 11) is 0. The Balaban J connectivity index is 1.37. The first-order valence-electron chi connectivity index (χ1n) is 9.48. The monoisotopic (exact) mass is 346 g/mol. The molecule has 3 heterocycles. The van der Waals surface area contributed by atoms with Gasteiger partial charge < -0.3 is 14.1 Å². The Kier molecular flexibility index (Phi) is 6.32. The van der Waals surface area contributed by atoms with E-state index in [2.05, 4.69) is 18.7 Å². The van der Waals surface area contributed by atoms with E-state index in [1.807, 2.05) is 17.0 Å². The van der Waals surface area contributed by atoms with Crippen LogP contribution < -0.4 is 0 Å². The van der Waals surface area contributed by atoms with Crippen LogP contribution in [0.25, 0.3) is 6.08 Å². The first-order valence-corrected chi connectivity index (χ1v) is 9.48. The van der Waals surface area contributed by atoms with Gasteiger partial charge in [0.05, 0.1) is 18.5 Å². The van der Waals surface area contributed by atoms with E-state index in [9.17, 15) is 4.79 Å². The van der Waals surface area contributed by atoms with E-state index in [-0.39, 0.29) is 5.91 Å². The summed E-state index contributed by atoms with van der Waals surface area (Å²) in [6.07, 6.45) is 9.10. The maximum absolute atomic E-state index is 12.3. The molecule has 1 aromatic rings. The van der Waals surface area contributed by atoms with Crippen LogP contribution in [0, 0.1) is 5.92 Å². The highest BCUT2D eigenvalue weighted by atomic mass is 16.5. The first kappa shape index (κ1) is 18.2. The number of ether oxygens (including phenoxy) is 1. The van der Waals surface area contributed by atoms with Crippen LogP contribution in [0.3, 0.4) is 0 Å². The quantitative estimate of drug-likeness (QED) is 0.769. The lowest BCUT2D eigenvalue weighted by atomic mass is 9.93. The Morgan fingerprint density at radius 3 is 2.60 bits per heavy atom. The van der Waals surface area contributed by atoms with Crippen LogP contribution in [0.2, 0.25) is 0 Å². The summed E-state index contributed by atoms with van der Waals surface area (Å²) in [6.45, 7) is 9.27. The Morgan fingerprint density at radius 2 is 1.96 bits per heavy atom. The molecule has 2 aliphatic heterocycles. The van der Waals surface area contributed by atoms with Crippen molar-refractivity contribution in [3.05, 3.63) is 30.2 Å². The number of furan rings is 1. The molecular formula is C20H30N2O3. The third-order valence-electron chi connectivity index (χ3n) is 5.21.